The number of fused-ring (bicyclic) bond motifs is 1. The summed E-state index contributed by atoms with van der Waals surface area (Å²) in [4.78, 5) is 0. The first-order valence-corrected chi connectivity index (χ1v) is 10.1. The standard InChI is InChI=1S/C24H25ClN2/c25-23-12-11-20-13-15-26-14-5-10-22(20)24(23)27-17-18-6-4-9-21(16-18)19-7-2-1-3-8-19/h1-4,6-9,11-12,16,26-27H,5,10,13-15,17H2. The van der Waals surface area contributed by atoms with Crippen molar-refractivity contribution in [3.05, 3.63) is 88.4 Å². The van der Waals surface area contributed by atoms with Crippen LogP contribution in [0.15, 0.2) is 66.7 Å². The molecule has 0 bridgehead atoms. The van der Waals surface area contributed by atoms with E-state index in [0.29, 0.717) is 0 Å². The van der Waals surface area contributed by atoms with Crippen LogP contribution in [0.2, 0.25) is 5.02 Å². The Balaban J connectivity index is 1.56. The molecule has 27 heavy (non-hydrogen) atoms. The predicted octanol–water partition coefficient (Wildman–Crippen LogP) is 5.70. The molecule has 0 atom stereocenters. The zero-order valence-electron chi connectivity index (χ0n) is 15.5. The van der Waals surface area contributed by atoms with Gasteiger partial charge < -0.3 is 10.6 Å². The second-order valence-electron chi connectivity index (χ2n) is 7.08. The van der Waals surface area contributed by atoms with Crippen molar-refractivity contribution < 1.29 is 0 Å². The van der Waals surface area contributed by atoms with E-state index in [2.05, 4.69) is 71.3 Å². The van der Waals surface area contributed by atoms with Gasteiger partial charge in [-0.05, 0) is 72.3 Å². The maximum Gasteiger partial charge on any atom is 0.0640 e. The van der Waals surface area contributed by atoms with E-state index >= 15 is 0 Å². The van der Waals surface area contributed by atoms with Gasteiger partial charge in [0.25, 0.3) is 0 Å². The van der Waals surface area contributed by atoms with Crippen LogP contribution in [0.4, 0.5) is 5.69 Å². The Bertz CT molecular complexity index is 906. The van der Waals surface area contributed by atoms with Gasteiger partial charge in [-0.1, -0.05) is 66.2 Å². The fraction of sp³-hybridized carbons (Fsp3) is 0.250. The van der Waals surface area contributed by atoms with Crippen LogP contribution in [0.5, 0.6) is 0 Å². The highest BCUT2D eigenvalue weighted by molar-refractivity contribution is 6.33. The van der Waals surface area contributed by atoms with Gasteiger partial charge in [-0.2, -0.15) is 0 Å². The maximum absolute atomic E-state index is 6.57. The molecule has 0 radical (unpaired) electrons. The van der Waals surface area contributed by atoms with E-state index in [9.17, 15) is 0 Å². The van der Waals surface area contributed by atoms with Crippen molar-refractivity contribution in [2.45, 2.75) is 25.8 Å². The van der Waals surface area contributed by atoms with E-state index < -0.39 is 0 Å². The van der Waals surface area contributed by atoms with E-state index in [4.69, 9.17) is 11.6 Å². The number of hydrogen-bond acceptors (Lipinski definition) is 2. The fourth-order valence-electron chi connectivity index (χ4n) is 3.79. The van der Waals surface area contributed by atoms with Gasteiger partial charge in [0.15, 0.2) is 0 Å². The number of nitrogens with one attached hydrogen (secondary N) is 2. The molecule has 1 aliphatic rings. The summed E-state index contributed by atoms with van der Waals surface area (Å²) in [5.74, 6) is 0. The molecule has 0 aromatic heterocycles. The van der Waals surface area contributed by atoms with Gasteiger partial charge in [-0.25, -0.2) is 0 Å². The van der Waals surface area contributed by atoms with Gasteiger partial charge in [0.05, 0.1) is 10.7 Å². The minimum Gasteiger partial charge on any atom is -0.380 e. The Hall–Kier alpha value is -2.29. The molecule has 0 unspecified atom stereocenters. The molecule has 0 saturated carbocycles. The SMILES string of the molecule is Clc1ccc2c(c1NCc1cccc(-c3ccccc3)c1)CCCNCC2. The van der Waals surface area contributed by atoms with Crippen molar-refractivity contribution in [2.75, 3.05) is 18.4 Å². The lowest BCUT2D eigenvalue weighted by Gasteiger charge is -2.20. The van der Waals surface area contributed by atoms with Gasteiger partial charge in [0.1, 0.15) is 0 Å². The molecular weight excluding hydrogens is 352 g/mol. The lowest BCUT2D eigenvalue weighted by atomic mass is 9.96. The smallest absolute Gasteiger partial charge is 0.0640 e. The Labute approximate surface area is 166 Å². The minimum absolute atomic E-state index is 0.773. The second kappa shape index (κ2) is 8.60. The molecule has 0 aliphatic carbocycles. The van der Waals surface area contributed by atoms with E-state index in [0.717, 1.165) is 49.6 Å². The van der Waals surface area contributed by atoms with Gasteiger partial charge in [-0.3, -0.25) is 0 Å². The van der Waals surface area contributed by atoms with Gasteiger partial charge in [-0.15, -0.1) is 0 Å². The highest BCUT2D eigenvalue weighted by atomic mass is 35.5. The third-order valence-electron chi connectivity index (χ3n) is 5.21. The molecule has 2 N–H and O–H groups in total. The molecule has 0 fully saturated rings. The Morgan fingerprint density at radius 3 is 2.59 bits per heavy atom. The molecule has 2 nitrogen and oxygen atoms in total. The number of hydrogen-bond donors (Lipinski definition) is 2. The molecule has 138 valence electrons. The van der Waals surface area contributed by atoms with E-state index in [1.54, 1.807) is 0 Å². The first kappa shape index (κ1) is 18.1. The average Bonchev–Trinajstić information content (AvgIpc) is 2.69. The molecule has 0 spiro atoms. The molecule has 3 aromatic carbocycles. The van der Waals surface area contributed by atoms with Crippen LogP contribution < -0.4 is 10.6 Å². The summed E-state index contributed by atoms with van der Waals surface area (Å²) in [6.07, 6.45) is 3.27. The quantitative estimate of drug-likeness (QED) is 0.610. The summed E-state index contributed by atoms with van der Waals surface area (Å²) in [6.45, 7) is 2.88. The van der Waals surface area contributed by atoms with Crippen molar-refractivity contribution in [1.29, 1.82) is 0 Å². The molecule has 4 rings (SSSR count). The third-order valence-corrected chi connectivity index (χ3v) is 5.53. The summed E-state index contributed by atoms with van der Waals surface area (Å²) in [5.41, 5.74) is 7.67. The van der Waals surface area contributed by atoms with Gasteiger partial charge in [0.2, 0.25) is 0 Å². The maximum atomic E-state index is 6.57. The van der Waals surface area contributed by atoms with Crippen LogP contribution in [0.25, 0.3) is 11.1 Å². The molecule has 3 aromatic rings. The van der Waals surface area contributed by atoms with Crippen LogP contribution in [0.3, 0.4) is 0 Å². The lowest BCUT2D eigenvalue weighted by molar-refractivity contribution is 0.626. The van der Waals surface area contributed by atoms with Crippen molar-refractivity contribution in [3.63, 3.8) is 0 Å². The average molecular weight is 377 g/mol. The van der Waals surface area contributed by atoms with Gasteiger partial charge >= 0.3 is 0 Å². The third kappa shape index (κ3) is 4.35. The number of halogens is 1. The molecule has 0 amide bonds. The number of anilines is 1. The predicted molar refractivity (Wildman–Crippen MR) is 116 cm³/mol. The van der Waals surface area contributed by atoms with Crippen LogP contribution in [0, 0.1) is 0 Å². The first-order chi connectivity index (χ1) is 13.3. The molecule has 0 saturated heterocycles. The van der Waals surface area contributed by atoms with E-state index in [-0.39, 0.29) is 0 Å². The van der Waals surface area contributed by atoms with E-state index in [1.165, 1.54) is 27.8 Å². The Kier molecular flexibility index (Phi) is 5.76. The topological polar surface area (TPSA) is 24.1 Å². The summed E-state index contributed by atoms with van der Waals surface area (Å²) in [5, 5.41) is 7.94. The zero-order valence-corrected chi connectivity index (χ0v) is 16.2. The van der Waals surface area contributed by atoms with Crippen molar-refractivity contribution in [1.82, 2.24) is 5.32 Å². The molecule has 3 heteroatoms. The monoisotopic (exact) mass is 376 g/mol. The lowest BCUT2D eigenvalue weighted by Crippen LogP contribution is -2.22. The summed E-state index contributed by atoms with van der Waals surface area (Å²) in [7, 11) is 0. The first-order valence-electron chi connectivity index (χ1n) is 9.70. The fourth-order valence-corrected chi connectivity index (χ4v) is 4.04. The van der Waals surface area contributed by atoms with Crippen LogP contribution >= 0.6 is 11.6 Å². The minimum atomic E-state index is 0.773. The highest BCUT2D eigenvalue weighted by Gasteiger charge is 2.14. The second-order valence-corrected chi connectivity index (χ2v) is 7.49. The van der Waals surface area contributed by atoms with Crippen LogP contribution in [-0.2, 0) is 19.4 Å². The number of rotatable bonds is 4. The molecule has 1 heterocycles. The summed E-state index contributed by atoms with van der Waals surface area (Å²) in [6, 6.07) is 23.4. The number of benzene rings is 3. The Morgan fingerprint density at radius 1 is 0.852 bits per heavy atom. The largest absolute Gasteiger partial charge is 0.380 e. The highest BCUT2D eigenvalue weighted by Crippen LogP contribution is 2.32. The van der Waals surface area contributed by atoms with Crippen molar-refractivity contribution in [2.24, 2.45) is 0 Å². The summed E-state index contributed by atoms with van der Waals surface area (Å²) >= 11 is 6.57. The van der Waals surface area contributed by atoms with Crippen molar-refractivity contribution in [3.8, 4) is 11.1 Å². The zero-order chi connectivity index (χ0) is 18.5. The Morgan fingerprint density at radius 2 is 1.70 bits per heavy atom. The van der Waals surface area contributed by atoms with Crippen LogP contribution in [0.1, 0.15) is 23.1 Å². The summed E-state index contributed by atoms with van der Waals surface area (Å²) < 4.78 is 0. The molecular formula is C24H25ClN2. The van der Waals surface area contributed by atoms with E-state index in [1.807, 2.05) is 6.07 Å². The van der Waals surface area contributed by atoms with Crippen molar-refractivity contribution >= 4 is 17.3 Å². The van der Waals surface area contributed by atoms with Gasteiger partial charge in [0, 0.05) is 6.54 Å². The molecule has 1 aliphatic heterocycles. The normalized spacial score (nSPS) is 14.1. The van der Waals surface area contributed by atoms with Crippen LogP contribution in [-0.4, -0.2) is 13.1 Å².